The molecule has 8 nitrogen and oxygen atoms in total. The lowest BCUT2D eigenvalue weighted by atomic mass is 10.2. The number of hydrogen-bond acceptors (Lipinski definition) is 5. The predicted octanol–water partition coefficient (Wildman–Crippen LogP) is 2.58. The number of pyridine rings is 1. The van der Waals surface area contributed by atoms with Gasteiger partial charge in [0.1, 0.15) is 0 Å². The molecular weight excluding hydrogens is 378 g/mol. The largest absolute Gasteiger partial charge is 0.324 e. The van der Waals surface area contributed by atoms with Gasteiger partial charge in [0.15, 0.2) is 5.65 Å². The third-order valence-electron chi connectivity index (χ3n) is 4.30. The zero-order valence-electron chi connectivity index (χ0n) is 16.2. The van der Waals surface area contributed by atoms with Crippen molar-refractivity contribution in [1.82, 2.24) is 19.1 Å². The van der Waals surface area contributed by atoms with E-state index in [9.17, 15) is 13.2 Å². The number of rotatable bonds is 6. The number of nitrogens with zero attached hydrogens (tertiary/aromatic N) is 4. The van der Waals surface area contributed by atoms with E-state index >= 15 is 0 Å². The van der Waals surface area contributed by atoms with Crippen LogP contribution >= 0.6 is 0 Å². The Morgan fingerprint density at radius 3 is 2.54 bits per heavy atom. The van der Waals surface area contributed by atoms with Crippen LogP contribution in [0.15, 0.2) is 47.6 Å². The molecule has 0 fully saturated rings. The third kappa shape index (κ3) is 4.05. The molecule has 0 spiro atoms. The van der Waals surface area contributed by atoms with Crippen LogP contribution in [-0.4, -0.2) is 47.0 Å². The number of carbonyl (C=O) groups is 1. The molecule has 28 heavy (non-hydrogen) atoms. The zero-order chi connectivity index (χ0) is 20.5. The standard InChI is InChI=1S/C19H23N5O3S/c1-13(2)24-19-15(10-21-24)9-16(11-20-19)22-18(25)12-23(4)28(26,27)17-7-5-14(3)6-8-17/h5-11,13H,12H2,1-4H3,(H,22,25). The predicted molar refractivity (Wildman–Crippen MR) is 108 cm³/mol. The first-order chi connectivity index (χ1) is 13.2. The average Bonchev–Trinajstić information content (AvgIpc) is 3.05. The van der Waals surface area contributed by atoms with E-state index in [1.165, 1.54) is 25.4 Å². The molecule has 3 rings (SSSR count). The van der Waals surface area contributed by atoms with Crippen molar-refractivity contribution in [3.63, 3.8) is 0 Å². The molecule has 0 aliphatic heterocycles. The van der Waals surface area contributed by atoms with Gasteiger partial charge >= 0.3 is 0 Å². The number of aromatic nitrogens is 3. The summed E-state index contributed by atoms with van der Waals surface area (Å²) in [5.41, 5.74) is 2.18. The van der Waals surface area contributed by atoms with Crippen LogP contribution in [0.2, 0.25) is 0 Å². The fraction of sp³-hybridized carbons (Fsp3) is 0.316. The van der Waals surface area contributed by atoms with Crippen LogP contribution in [-0.2, 0) is 14.8 Å². The number of nitrogens with one attached hydrogen (secondary N) is 1. The molecule has 1 N–H and O–H groups in total. The van der Waals surface area contributed by atoms with Gasteiger partial charge < -0.3 is 5.32 Å². The van der Waals surface area contributed by atoms with Gasteiger partial charge in [0.2, 0.25) is 15.9 Å². The van der Waals surface area contributed by atoms with E-state index in [0.717, 1.165) is 20.9 Å². The fourth-order valence-electron chi connectivity index (χ4n) is 2.76. The number of carbonyl (C=O) groups excluding carboxylic acids is 1. The topological polar surface area (TPSA) is 97.2 Å². The monoisotopic (exact) mass is 401 g/mol. The SMILES string of the molecule is Cc1ccc(S(=O)(=O)N(C)CC(=O)Nc2cnc3c(cnn3C(C)C)c2)cc1. The number of likely N-dealkylation sites (N-methyl/N-ethyl adjacent to an activating group) is 1. The highest BCUT2D eigenvalue weighted by Gasteiger charge is 2.23. The highest BCUT2D eigenvalue weighted by atomic mass is 32.2. The van der Waals surface area contributed by atoms with Crippen LogP contribution in [0.25, 0.3) is 11.0 Å². The number of sulfonamides is 1. The molecule has 0 unspecified atom stereocenters. The van der Waals surface area contributed by atoms with Crippen molar-refractivity contribution in [3.8, 4) is 0 Å². The normalized spacial score (nSPS) is 12.1. The maximum absolute atomic E-state index is 12.6. The minimum Gasteiger partial charge on any atom is -0.324 e. The van der Waals surface area contributed by atoms with E-state index in [4.69, 9.17) is 0 Å². The lowest BCUT2D eigenvalue weighted by molar-refractivity contribution is -0.116. The van der Waals surface area contributed by atoms with Crippen LogP contribution in [0.5, 0.6) is 0 Å². The van der Waals surface area contributed by atoms with Crippen molar-refractivity contribution in [2.24, 2.45) is 0 Å². The van der Waals surface area contributed by atoms with Gasteiger partial charge in [0, 0.05) is 18.5 Å². The fourth-order valence-corrected chi connectivity index (χ4v) is 3.89. The molecule has 0 saturated carbocycles. The van der Waals surface area contributed by atoms with E-state index in [-0.39, 0.29) is 17.5 Å². The Balaban J connectivity index is 1.71. The second kappa shape index (κ2) is 7.69. The molecule has 1 amide bonds. The van der Waals surface area contributed by atoms with Gasteiger partial charge in [0.25, 0.3) is 0 Å². The lowest BCUT2D eigenvalue weighted by Gasteiger charge is -2.17. The summed E-state index contributed by atoms with van der Waals surface area (Å²) in [4.78, 5) is 16.8. The molecule has 1 aromatic carbocycles. The maximum Gasteiger partial charge on any atom is 0.243 e. The number of fused-ring (bicyclic) bond motifs is 1. The summed E-state index contributed by atoms with van der Waals surface area (Å²) in [5.74, 6) is -0.449. The summed E-state index contributed by atoms with van der Waals surface area (Å²) in [6, 6.07) is 8.44. The summed E-state index contributed by atoms with van der Waals surface area (Å²) in [5, 5.41) is 7.78. The molecule has 2 heterocycles. The van der Waals surface area contributed by atoms with E-state index < -0.39 is 15.9 Å². The number of amides is 1. The number of hydrogen-bond donors (Lipinski definition) is 1. The Morgan fingerprint density at radius 2 is 1.89 bits per heavy atom. The van der Waals surface area contributed by atoms with Crippen LogP contribution in [0.1, 0.15) is 25.5 Å². The minimum atomic E-state index is -3.74. The summed E-state index contributed by atoms with van der Waals surface area (Å²) in [6.45, 7) is 5.59. The van der Waals surface area contributed by atoms with Gasteiger partial charge in [-0.2, -0.15) is 9.40 Å². The lowest BCUT2D eigenvalue weighted by Crippen LogP contribution is -2.35. The molecule has 3 aromatic rings. The maximum atomic E-state index is 12.6. The summed E-state index contributed by atoms with van der Waals surface area (Å²) in [7, 11) is -2.36. The van der Waals surface area contributed by atoms with Crippen LogP contribution in [0.4, 0.5) is 5.69 Å². The molecule has 9 heteroatoms. The van der Waals surface area contributed by atoms with Crippen LogP contribution in [0, 0.1) is 6.92 Å². The van der Waals surface area contributed by atoms with Gasteiger partial charge in [-0.3, -0.25) is 4.79 Å². The van der Waals surface area contributed by atoms with E-state index in [2.05, 4.69) is 15.4 Å². The highest BCUT2D eigenvalue weighted by molar-refractivity contribution is 7.89. The highest BCUT2D eigenvalue weighted by Crippen LogP contribution is 2.19. The first-order valence-corrected chi connectivity index (χ1v) is 10.3. The minimum absolute atomic E-state index is 0.151. The average molecular weight is 401 g/mol. The van der Waals surface area contributed by atoms with Crippen LogP contribution in [0.3, 0.4) is 0 Å². The number of aryl methyl sites for hydroxylation is 1. The van der Waals surface area contributed by atoms with Crippen molar-refractivity contribution in [3.05, 3.63) is 48.3 Å². The van der Waals surface area contributed by atoms with Gasteiger partial charge in [-0.1, -0.05) is 17.7 Å². The van der Waals surface area contributed by atoms with Crippen molar-refractivity contribution >= 4 is 32.7 Å². The van der Waals surface area contributed by atoms with Crippen molar-refractivity contribution < 1.29 is 13.2 Å². The molecule has 148 valence electrons. The first kappa shape index (κ1) is 20.0. The van der Waals surface area contributed by atoms with Gasteiger partial charge in [-0.15, -0.1) is 0 Å². The number of anilines is 1. The Bertz CT molecular complexity index is 1100. The molecule has 0 atom stereocenters. The summed E-state index contributed by atoms with van der Waals surface area (Å²) < 4.78 is 28.0. The summed E-state index contributed by atoms with van der Waals surface area (Å²) >= 11 is 0. The second-order valence-electron chi connectivity index (χ2n) is 6.94. The Hall–Kier alpha value is -2.78. The molecule has 2 aromatic heterocycles. The van der Waals surface area contributed by atoms with E-state index in [1.807, 2.05) is 20.8 Å². The third-order valence-corrected chi connectivity index (χ3v) is 6.12. The molecular formula is C19H23N5O3S. The van der Waals surface area contributed by atoms with Crippen LogP contribution < -0.4 is 5.32 Å². The zero-order valence-corrected chi connectivity index (χ0v) is 17.1. The molecule has 0 aliphatic rings. The Kier molecular flexibility index (Phi) is 5.48. The molecule has 0 aliphatic carbocycles. The van der Waals surface area contributed by atoms with E-state index in [0.29, 0.717) is 5.69 Å². The van der Waals surface area contributed by atoms with Crippen molar-refractivity contribution in [1.29, 1.82) is 0 Å². The smallest absolute Gasteiger partial charge is 0.243 e. The van der Waals surface area contributed by atoms with Gasteiger partial charge in [0.05, 0.1) is 29.5 Å². The Labute approximate surface area is 164 Å². The van der Waals surface area contributed by atoms with Crippen molar-refractivity contribution in [2.75, 3.05) is 18.9 Å². The van der Waals surface area contributed by atoms with E-state index in [1.54, 1.807) is 29.1 Å². The molecule has 0 radical (unpaired) electrons. The quantitative estimate of drug-likeness (QED) is 0.685. The first-order valence-electron chi connectivity index (χ1n) is 8.84. The summed E-state index contributed by atoms with van der Waals surface area (Å²) in [6.07, 6.45) is 3.22. The van der Waals surface area contributed by atoms with Gasteiger partial charge in [-0.25, -0.2) is 18.1 Å². The molecule has 0 saturated heterocycles. The van der Waals surface area contributed by atoms with Crippen molar-refractivity contribution in [2.45, 2.75) is 31.7 Å². The molecule has 0 bridgehead atoms. The second-order valence-corrected chi connectivity index (χ2v) is 8.99. The number of benzene rings is 1. The Morgan fingerprint density at radius 1 is 1.21 bits per heavy atom. The van der Waals surface area contributed by atoms with Gasteiger partial charge in [-0.05, 0) is 39.0 Å².